The molecule has 142 valence electrons. The minimum absolute atomic E-state index is 0.0264. The first-order valence-electron chi connectivity index (χ1n) is 8.62. The van der Waals surface area contributed by atoms with Crippen LogP contribution in [0.15, 0.2) is 42.6 Å². The molecule has 3 rings (SSSR count). The summed E-state index contributed by atoms with van der Waals surface area (Å²) in [5, 5.41) is 7.08. The van der Waals surface area contributed by atoms with Gasteiger partial charge in [0.15, 0.2) is 5.65 Å². The molecular formula is C19H21F2N5O. The number of amides is 1. The molecule has 0 unspecified atom stereocenters. The van der Waals surface area contributed by atoms with Crippen LogP contribution in [0, 0.1) is 0 Å². The highest BCUT2D eigenvalue weighted by Gasteiger charge is 2.28. The first-order valence-corrected chi connectivity index (χ1v) is 8.62. The lowest BCUT2D eigenvalue weighted by atomic mass is 10.1. The molecule has 0 bridgehead atoms. The minimum atomic E-state index is -3.16. The van der Waals surface area contributed by atoms with Crippen LogP contribution in [0.2, 0.25) is 0 Å². The second kappa shape index (κ2) is 7.40. The van der Waals surface area contributed by atoms with E-state index in [0.717, 1.165) is 5.56 Å². The second-order valence-corrected chi connectivity index (χ2v) is 6.58. The van der Waals surface area contributed by atoms with Crippen LogP contribution in [-0.4, -0.2) is 39.7 Å². The fourth-order valence-corrected chi connectivity index (χ4v) is 2.72. The predicted molar refractivity (Wildman–Crippen MR) is 99.7 cm³/mol. The summed E-state index contributed by atoms with van der Waals surface area (Å²) in [6.07, 6.45) is 1.53. The molecule has 1 amide bonds. The Bertz CT molecular complexity index is 953. The van der Waals surface area contributed by atoms with E-state index in [1.54, 1.807) is 10.7 Å². The molecule has 6 nitrogen and oxygen atoms in total. The molecule has 3 aromatic rings. The number of fused-ring (bicyclic) bond motifs is 1. The molecule has 2 aromatic heterocycles. The predicted octanol–water partition coefficient (Wildman–Crippen LogP) is 3.00. The summed E-state index contributed by atoms with van der Waals surface area (Å²) >= 11 is 0. The Kier molecular flexibility index (Phi) is 5.18. The van der Waals surface area contributed by atoms with Gasteiger partial charge in [-0.15, -0.1) is 0 Å². The van der Waals surface area contributed by atoms with Crippen molar-refractivity contribution < 1.29 is 13.6 Å². The first kappa shape index (κ1) is 18.9. The Morgan fingerprint density at radius 1 is 1.30 bits per heavy atom. The van der Waals surface area contributed by atoms with Crippen LogP contribution in [-0.2, 0) is 0 Å². The third-order valence-electron chi connectivity index (χ3n) is 4.18. The molecule has 0 saturated carbocycles. The highest BCUT2D eigenvalue weighted by Crippen LogP contribution is 2.26. The fourth-order valence-electron chi connectivity index (χ4n) is 2.72. The number of halogens is 2. The van der Waals surface area contributed by atoms with Crippen molar-refractivity contribution in [2.24, 2.45) is 5.73 Å². The molecule has 0 fully saturated rings. The molecule has 0 saturated heterocycles. The van der Waals surface area contributed by atoms with Gasteiger partial charge in [0, 0.05) is 11.6 Å². The molecule has 1 aromatic carbocycles. The van der Waals surface area contributed by atoms with Crippen LogP contribution >= 0.6 is 0 Å². The molecule has 3 N–H and O–H groups in total. The maximum absolute atomic E-state index is 13.4. The van der Waals surface area contributed by atoms with Crippen molar-refractivity contribution in [2.75, 3.05) is 13.1 Å². The van der Waals surface area contributed by atoms with Gasteiger partial charge in [0.25, 0.3) is 11.8 Å². The Balaban J connectivity index is 2.09. The molecule has 0 spiro atoms. The van der Waals surface area contributed by atoms with E-state index >= 15 is 0 Å². The van der Waals surface area contributed by atoms with Crippen molar-refractivity contribution in [1.29, 1.82) is 0 Å². The van der Waals surface area contributed by atoms with Crippen molar-refractivity contribution >= 4 is 16.9 Å². The number of nitrogens with zero attached hydrogens (tertiary/aromatic N) is 3. The highest BCUT2D eigenvalue weighted by molar-refractivity contribution is 6.06. The number of nitrogens with two attached hydrogens (primary N) is 1. The number of nitrogens with one attached hydrogen (secondary N) is 1. The standard InChI is InChI=1S/C19H21F2N5O/c1-12(2)26-17-15(9-24-26)14(18(27)23-11-19(20,21)10-22)8-16(25-17)13-6-4-3-5-7-13/h3-9,12H,10-11,22H2,1-2H3,(H,23,27). The van der Waals surface area contributed by atoms with E-state index < -0.39 is 24.9 Å². The van der Waals surface area contributed by atoms with Crippen molar-refractivity contribution in [2.45, 2.75) is 25.8 Å². The SMILES string of the molecule is CC(C)n1ncc2c(C(=O)NCC(F)(F)CN)cc(-c3ccccc3)nc21. The number of hydrogen-bond acceptors (Lipinski definition) is 4. The van der Waals surface area contributed by atoms with Gasteiger partial charge in [0.1, 0.15) is 0 Å². The van der Waals surface area contributed by atoms with Crippen LogP contribution in [0.4, 0.5) is 8.78 Å². The first-order chi connectivity index (χ1) is 12.8. The number of pyridine rings is 1. The van der Waals surface area contributed by atoms with E-state index in [1.807, 2.05) is 44.2 Å². The maximum atomic E-state index is 13.4. The molecule has 0 aliphatic rings. The summed E-state index contributed by atoms with van der Waals surface area (Å²) in [6.45, 7) is 2.24. The number of rotatable bonds is 6. The van der Waals surface area contributed by atoms with Gasteiger partial charge in [0.05, 0.1) is 35.9 Å². The third-order valence-corrected chi connectivity index (χ3v) is 4.18. The zero-order valence-electron chi connectivity index (χ0n) is 15.1. The number of carbonyl (C=O) groups is 1. The van der Waals surface area contributed by atoms with Gasteiger partial charge in [-0.1, -0.05) is 30.3 Å². The summed E-state index contributed by atoms with van der Waals surface area (Å²) in [5.74, 6) is -3.78. The van der Waals surface area contributed by atoms with E-state index in [1.165, 1.54) is 6.20 Å². The molecule has 0 atom stereocenters. The molecule has 0 aliphatic heterocycles. The van der Waals surface area contributed by atoms with Crippen LogP contribution in [0.1, 0.15) is 30.2 Å². The Morgan fingerprint density at radius 2 is 2.00 bits per heavy atom. The van der Waals surface area contributed by atoms with Gasteiger partial charge in [0.2, 0.25) is 0 Å². The second-order valence-electron chi connectivity index (χ2n) is 6.58. The Labute approximate surface area is 155 Å². The number of hydrogen-bond donors (Lipinski definition) is 2. The van der Waals surface area contributed by atoms with Crippen LogP contribution < -0.4 is 11.1 Å². The lowest BCUT2D eigenvalue weighted by Gasteiger charge is -2.15. The largest absolute Gasteiger partial charge is 0.346 e. The lowest BCUT2D eigenvalue weighted by molar-refractivity contribution is 0.0119. The van der Waals surface area contributed by atoms with Gasteiger partial charge in [-0.05, 0) is 19.9 Å². The maximum Gasteiger partial charge on any atom is 0.277 e. The van der Waals surface area contributed by atoms with Crippen molar-refractivity contribution in [3.8, 4) is 11.3 Å². The van der Waals surface area contributed by atoms with Gasteiger partial charge < -0.3 is 11.1 Å². The minimum Gasteiger partial charge on any atom is -0.346 e. The van der Waals surface area contributed by atoms with E-state index in [0.29, 0.717) is 16.7 Å². The number of alkyl halides is 2. The zero-order valence-corrected chi connectivity index (χ0v) is 15.1. The lowest BCUT2D eigenvalue weighted by Crippen LogP contribution is -2.41. The summed E-state index contributed by atoms with van der Waals surface area (Å²) in [7, 11) is 0. The number of carbonyl (C=O) groups excluding carboxylic acids is 1. The van der Waals surface area contributed by atoms with Crippen LogP contribution in [0.25, 0.3) is 22.3 Å². The molecule has 27 heavy (non-hydrogen) atoms. The Hall–Kier alpha value is -2.87. The van der Waals surface area contributed by atoms with Gasteiger partial charge >= 0.3 is 0 Å². The monoisotopic (exact) mass is 373 g/mol. The summed E-state index contributed by atoms with van der Waals surface area (Å²) < 4.78 is 28.6. The van der Waals surface area contributed by atoms with E-state index in [4.69, 9.17) is 5.73 Å². The quantitative estimate of drug-likeness (QED) is 0.695. The smallest absolute Gasteiger partial charge is 0.277 e. The van der Waals surface area contributed by atoms with Crippen LogP contribution in [0.5, 0.6) is 0 Å². The molecule has 0 radical (unpaired) electrons. The van der Waals surface area contributed by atoms with Crippen molar-refractivity contribution in [1.82, 2.24) is 20.1 Å². The third kappa shape index (κ3) is 3.95. The van der Waals surface area contributed by atoms with Crippen molar-refractivity contribution in [3.05, 3.63) is 48.2 Å². The topological polar surface area (TPSA) is 85.8 Å². The van der Waals surface area contributed by atoms with E-state index in [9.17, 15) is 13.6 Å². The summed E-state index contributed by atoms with van der Waals surface area (Å²) in [4.78, 5) is 17.3. The summed E-state index contributed by atoms with van der Waals surface area (Å²) in [6, 6.07) is 11.0. The Morgan fingerprint density at radius 3 is 2.63 bits per heavy atom. The van der Waals surface area contributed by atoms with Gasteiger partial charge in [-0.2, -0.15) is 5.10 Å². The van der Waals surface area contributed by atoms with Gasteiger partial charge in [-0.3, -0.25) is 4.79 Å². The van der Waals surface area contributed by atoms with E-state index in [-0.39, 0.29) is 11.6 Å². The number of aromatic nitrogens is 3. The molecule has 2 heterocycles. The average Bonchev–Trinajstić information content (AvgIpc) is 3.10. The van der Waals surface area contributed by atoms with E-state index in [2.05, 4.69) is 15.4 Å². The fraction of sp³-hybridized carbons (Fsp3) is 0.316. The zero-order chi connectivity index (χ0) is 19.6. The molecule has 8 heteroatoms. The summed E-state index contributed by atoms with van der Waals surface area (Å²) in [5.41, 5.74) is 7.20. The molecule has 0 aliphatic carbocycles. The average molecular weight is 373 g/mol. The highest BCUT2D eigenvalue weighted by atomic mass is 19.3. The number of benzene rings is 1. The van der Waals surface area contributed by atoms with Crippen molar-refractivity contribution in [3.63, 3.8) is 0 Å². The van der Waals surface area contributed by atoms with Gasteiger partial charge in [-0.25, -0.2) is 18.4 Å². The van der Waals surface area contributed by atoms with Crippen LogP contribution in [0.3, 0.4) is 0 Å². The normalized spacial score (nSPS) is 11.9. The molecular weight excluding hydrogens is 352 g/mol.